The van der Waals surface area contributed by atoms with Crippen molar-refractivity contribution in [3.63, 3.8) is 0 Å². The van der Waals surface area contributed by atoms with Crippen LogP contribution in [0, 0.1) is 6.92 Å². The number of aryl methyl sites for hydroxylation is 1. The van der Waals surface area contributed by atoms with Crippen LogP contribution in [0.2, 0.25) is 0 Å². The van der Waals surface area contributed by atoms with E-state index < -0.39 is 11.5 Å². The highest BCUT2D eigenvalue weighted by molar-refractivity contribution is 7.99. The third kappa shape index (κ3) is 3.13. The Hall–Kier alpha value is -2.29. The molecule has 2 rings (SSSR count). The van der Waals surface area contributed by atoms with Gasteiger partial charge in [0.2, 0.25) is 0 Å². The van der Waals surface area contributed by atoms with Crippen molar-refractivity contribution in [1.29, 1.82) is 0 Å². The lowest BCUT2D eigenvalue weighted by molar-refractivity contribution is 0.0813. The van der Waals surface area contributed by atoms with Gasteiger partial charge < -0.3 is 16.0 Å². The minimum Gasteiger partial charge on any atom is -0.383 e. The van der Waals surface area contributed by atoms with Gasteiger partial charge in [-0.3, -0.25) is 9.59 Å². The number of carbonyl (C=O) groups excluding carboxylic acids is 1. The van der Waals surface area contributed by atoms with Gasteiger partial charge in [0.15, 0.2) is 5.16 Å². The molecule has 4 N–H and O–H groups in total. The topological polar surface area (TPSA) is 130 Å². The van der Waals surface area contributed by atoms with Gasteiger partial charge in [0, 0.05) is 12.1 Å². The maximum Gasteiger partial charge on any atom is 0.290 e. The molecule has 8 nitrogen and oxygen atoms in total. The van der Waals surface area contributed by atoms with Gasteiger partial charge in [-0.2, -0.15) is 0 Å². The molecule has 0 spiro atoms. The van der Waals surface area contributed by atoms with Gasteiger partial charge in [0.25, 0.3) is 11.5 Å². The van der Waals surface area contributed by atoms with Gasteiger partial charge in [-0.1, -0.05) is 11.8 Å². The van der Waals surface area contributed by atoms with Crippen molar-refractivity contribution in [2.24, 2.45) is 0 Å². The van der Waals surface area contributed by atoms with Gasteiger partial charge in [-0.25, -0.2) is 9.97 Å². The Morgan fingerprint density at radius 1 is 1.37 bits per heavy atom. The lowest BCUT2D eigenvalue weighted by Gasteiger charge is -2.01. The van der Waals surface area contributed by atoms with Crippen molar-refractivity contribution in [3.8, 4) is 0 Å². The number of anilines is 2. The van der Waals surface area contributed by atoms with Crippen LogP contribution in [0.4, 0.5) is 11.6 Å². The van der Waals surface area contributed by atoms with Crippen molar-refractivity contribution in [3.05, 3.63) is 28.2 Å². The second-order valence-corrected chi connectivity index (χ2v) is 4.60. The van der Waals surface area contributed by atoms with Crippen molar-refractivity contribution >= 4 is 29.3 Å². The van der Waals surface area contributed by atoms with Crippen LogP contribution in [-0.2, 0) is 0 Å². The minimum atomic E-state index is -0.507. The molecule has 2 heterocycles. The maximum atomic E-state index is 11.8. The number of carbonyl (C=O) groups is 1. The Bertz CT molecular complexity index is 658. The Balaban J connectivity index is 2.08. The predicted molar refractivity (Wildman–Crippen MR) is 69.9 cm³/mol. The van der Waals surface area contributed by atoms with Crippen LogP contribution in [0.5, 0.6) is 0 Å². The fraction of sp³-hybridized carbons (Fsp3) is 0.200. The first kappa shape index (κ1) is 13.1. The third-order valence-electron chi connectivity index (χ3n) is 2.06. The van der Waals surface area contributed by atoms with Crippen molar-refractivity contribution in [2.75, 3.05) is 17.2 Å². The quantitative estimate of drug-likeness (QED) is 0.600. The summed E-state index contributed by atoms with van der Waals surface area (Å²) in [5.41, 5.74) is 10.5. The number of nitrogens with two attached hydrogens (primary N) is 2. The summed E-state index contributed by atoms with van der Waals surface area (Å²) in [6.45, 7) is 1.58. The molecule has 19 heavy (non-hydrogen) atoms. The second-order valence-electron chi connectivity index (χ2n) is 3.66. The van der Waals surface area contributed by atoms with Crippen LogP contribution in [0.1, 0.15) is 10.6 Å². The molecule has 0 aliphatic heterocycles. The van der Waals surface area contributed by atoms with E-state index >= 15 is 0 Å². The molecular weight excluding hydrogens is 270 g/mol. The first-order chi connectivity index (χ1) is 8.95. The molecule has 0 aromatic carbocycles. The summed E-state index contributed by atoms with van der Waals surface area (Å²) in [6.07, 6.45) is 0. The summed E-state index contributed by atoms with van der Waals surface area (Å²) in [5, 5.41) is 0.266. The maximum absolute atomic E-state index is 11.8. The molecular formula is C10H11N5O3S. The van der Waals surface area contributed by atoms with E-state index in [0.29, 0.717) is 10.5 Å². The molecule has 0 fully saturated rings. The Kier molecular flexibility index (Phi) is 3.56. The fourth-order valence-electron chi connectivity index (χ4n) is 1.33. The molecule has 2 aromatic rings. The predicted octanol–water partition coefficient (Wildman–Crippen LogP) is 0.137. The summed E-state index contributed by atoms with van der Waals surface area (Å²) in [4.78, 5) is 30.9. The van der Waals surface area contributed by atoms with E-state index in [1.165, 1.54) is 12.1 Å². The summed E-state index contributed by atoms with van der Waals surface area (Å²) < 4.78 is 5.66. The first-order valence-corrected chi connectivity index (χ1v) is 6.20. The van der Waals surface area contributed by atoms with Gasteiger partial charge in [0.1, 0.15) is 17.4 Å². The zero-order valence-electron chi connectivity index (χ0n) is 9.99. The zero-order valence-corrected chi connectivity index (χ0v) is 10.8. The number of nitrogen functional groups attached to an aromatic ring is 2. The summed E-state index contributed by atoms with van der Waals surface area (Å²) in [7, 11) is 0. The van der Waals surface area contributed by atoms with Crippen LogP contribution in [0.15, 0.2) is 26.6 Å². The van der Waals surface area contributed by atoms with E-state index in [1.807, 2.05) is 0 Å². The number of hydrogen-bond donors (Lipinski definition) is 2. The highest BCUT2D eigenvalue weighted by atomic mass is 32.2. The standard InChI is InChI=1S/C10H11N5O3S/c1-5-2-8(16)15(18-5)9(17)4-19-10-13-6(11)3-7(12)14-10/h2-3H,4H2,1H3,(H4,11,12,13,14). The van der Waals surface area contributed by atoms with Gasteiger partial charge in [-0.15, -0.1) is 4.74 Å². The lowest BCUT2D eigenvalue weighted by Crippen LogP contribution is -2.23. The molecule has 0 radical (unpaired) electrons. The highest BCUT2D eigenvalue weighted by Gasteiger charge is 2.13. The molecule has 9 heteroatoms. The van der Waals surface area contributed by atoms with E-state index in [9.17, 15) is 9.59 Å². The molecule has 0 bridgehead atoms. The van der Waals surface area contributed by atoms with Crippen LogP contribution in [0.25, 0.3) is 0 Å². The smallest absolute Gasteiger partial charge is 0.290 e. The summed E-state index contributed by atoms with van der Waals surface area (Å²) in [6, 6.07) is 2.64. The van der Waals surface area contributed by atoms with Crippen LogP contribution < -0.4 is 17.0 Å². The Morgan fingerprint density at radius 2 is 2.00 bits per heavy atom. The molecule has 0 aliphatic carbocycles. The van der Waals surface area contributed by atoms with Gasteiger partial charge in [-0.05, 0) is 6.92 Å². The number of aromatic nitrogens is 3. The van der Waals surface area contributed by atoms with Gasteiger partial charge >= 0.3 is 0 Å². The number of hydrogen-bond acceptors (Lipinski definition) is 8. The Morgan fingerprint density at radius 3 is 2.53 bits per heavy atom. The molecule has 0 saturated heterocycles. The molecule has 0 saturated carbocycles. The fourth-order valence-corrected chi connectivity index (χ4v) is 2.04. The number of rotatable bonds is 3. The average Bonchev–Trinajstić information content (AvgIpc) is 2.64. The molecule has 0 unspecified atom stereocenters. The zero-order chi connectivity index (χ0) is 14.0. The summed E-state index contributed by atoms with van der Waals surface area (Å²) in [5.74, 6) is 0.234. The van der Waals surface area contributed by atoms with E-state index in [0.717, 1.165) is 11.8 Å². The minimum absolute atomic E-state index is 0.0598. The van der Waals surface area contributed by atoms with Crippen molar-refractivity contribution in [2.45, 2.75) is 12.1 Å². The highest BCUT2D eigenvalue weighted by Crippen LogP contribution is 2.16. The van der Waals surface area contributed by atoms with Gasteiger partial charge in [0.05, 0.1) is 5.75 Å². The van der Waals surface area contributed by atoms with E-state index in [4.69, 9.17) is 16.0 Å². The Labute approximate surface area is 111 Å². The van der Waals surface area contributed by atoms with Crippen LogP contribution in [0.3, 0.4) is 0 Å². The van der Waals surface area contributed by atoms with Crippen LogP contribution >= 0.6 is 11.8 Å². The number of thioether (sulfide) groups is 1. The van der Waals surface area contributed by atoms with E-state index in [1.54, 1.807) is 6.92 Å². The van der Waals surface area contributed by atoms with E-state index in [2.05, 4.69) is 9.97 Å². The third-order valence-corrected chi connectivity index (χ3v) is 2.89. The molecule has 0 aliphatic rings. The van der Waals surface area contributed by atoms with E-state index in [-0.39, 0.29) is 22.5 Å². The largest absolute Gasteiger partial charge is 0.383 e. The SMILES string of the molecule is Cc1cc(=O)n(C(=O)CSc2nc(N)cc(N)n2)o1. The first-order valence-electron chi connectivity index (χ1n) is 5.21. The molecule has 0 atom stereocenters. The average molecular weight is 281 g/mol. The second kappa shape index (κ2) is 5.14. The normalized spacial score (nSPS) is 10.6. The van der Waals surface area contributed by atoms with Crippen molar-refractivity contribution < 1.29 is 9.32 Å². The molecule has 100 valence electrons. The van der Waals surface area contributed by atoms with Crippen molar-refractivity contribution in [1.82, 2.24) is 14.7 Å². The molecule has 2 aromatic heterocycles. The van der Waals surface area contributed by atoms with Crippen LogP contribution in [-0.4, -0.2) is 26.4 Å². The molecule has 0 amide bonds. The number of nitrogens with zero attached hydrogens (tertiary/aromatic N) is 3. The monoisotopic (exact) mass is 281 g/mol. The summed E-state index contributed by atoms with van der Waals surface area (Å²) >= 11 is 1.02. The lowest BCUT2D eigenvalue weighted by atomic mass is 10.5.